The third-order valence-corrected chi connectivity index (χ3v) is 4.95. The van der Waals surface area contributed by atoms with Crippen LogP contribution in [0.3, 0.4) is 0 Å². The summed E-state index contributed by atoms with van der Waals surface area (Å²) in [5, 5.41) is 9.18. The molecular formula is C11H15NO3S. The lowest BCUT2D eigenvalue weighted by atomic mass is 9.90. The van der Waals surface area contributed by atoms with Crippen molar-refractivity contribution in [2.75, 3.05) is 7.05 Å². The summed E-state index contributed by atoms with van der Waals surface area (Å²) in [5.41, 5.74) is 0. The molecule has 1 aromatic rings. The molecular weight excluding hydrogens is 226 g/mol. The van der Waals surface area contributed by atoms with Gasteiger partial charge < -0.3 is 5.11 Å². The van der Waals surface area contributed by atoms with Crippen molar-refractivity contribution in [2.24, 2.45) is 0 Å². The number of aliphatic hydroxyl groups excluding tert-OH is 1. The highest BCUT2D eigenvalue weighted by Gasteiger charge is 2.36. The molecule has 0 bridgehead atoms. The molecule has 16 heavy (non-hydrogen) atoms. The van der Waals surface area contributed by atoms with E-state index >= 15 is 0 Å². The van der Waals surface area contributed by atoms with E-state index in [1.165, 1.54) is 4.31 Å². The maximum Gasteiger partial charge on any atom is 0.243 e. The van der Waals surface area contributed by atoms with Gasteiger partial charge in [0, 0.05) is 13.1 Å². The number of benzene rings is 1. The van der Waals surface area contributed by atoms with Crippen molar-refractivity contribution >= 4 is 10.0 Å². The first-order chi connectivity index (χ1) is 7.51. The van der Waals surface area contributed by atoms with Crippen LogP contribution in [-0.2, 0) is 10.0 Å². The average Bonchev–Trinajstić information content (AvgIpc) is 2.25. The summed E-state index contributed by atoms with van der Waals surface area (Å²) in [6.45, 7) is 0. The standard InChI is InChI=1S/C11H15NO3S/c1-12(9-7-10(13)8-9)16(14,15)11-5-3-2-4-6-11/h2-6,9-10,13H,7-8H2,1H3. The topological polar surface area (TPSA) is 57.6 Å². The summed E-state index contributed by atoms with van der Waals surface area (Å²) in [4.78, 5) is 0.305. The molecule has 4 nitrogen and oxygen atoms in total. The molecule has 1 aliphatic carbocycles. The van der Waals surface area contributed by atoms with Gasteiger partial charge in [-0.05, 0) is 25.0 Å². The summed E-state index contributed by atoms with van der Waals surface area (Å²) < 4.78 is 25.6. The highest BCUT2D eigenvalue weighted by Crippen LogP contribution is 2.28. The van der Waals surface area contributed by atoms with E-state index in [0.29, 0.717) is 17.7 Å². The zero-order chi connectivity index (χ0) is 11.8. The predicted octanol–water partition coefficient (Wildman–Crippen LogP) is 0.830. The van der Waals surface area contributed by atoms with E-state index in [2.05, 4.69) is 0 Å². The first-order valence-electron chi connectivity index (χ1n) is 5.23. The number of rotatable bonds is 3. The van der Waals surface area contributed by atoms with Crippen LogP contribution in [0.4, 0.5) is 0 Å². The van der Waals surface area contributed by atoms with Crippen LogP contribution in [0.1, 0.15) is 12.8 Å². The van der Waals surface area contributed by atoms with Crippen LogP contribution in [0.25, 0.3) is 0 Å². The molecule has 1 fully saturated rings. The Hall–Kier alpha value is -0.910. The van der Waals surface area contributed by atoms with Crippen LogP contribution in [0, 0.1) is 0 Å². The van der Waals surface area contributed by atoms with E-state index in [9.17, 15) is 13.5 Å². The highest BCUT2D eigenvalue weighted by molar-refractivity contribution is 7.89. The Labute approximate surface area is 95.6 Å². The van der Waals surface area contributed by atoms with Gasteiger partial charge in [0.05, 0.1) is 11.0 Å². The molecule has 0 aromatic heterocycles. The van der Waals surface area contributed by atoms with Crippen molar-refractivity contribution < 1.29 is 13.5 Å². The van der Waals surface area contributed by atoms with Crippen LogP contribution in [0.2, 0.25) is 0 Å². The number of nitrogens with zero attached hydrogens (tertiary/aromatic N) is 1. The van der Waals surface area contributed by atoms with Crippen molar-refractivity contribution in [3.05, 3.63) is 30.3 Å². The molecule has 1 N–H and O–H groups in total. The van der Waals surface area contributed by atoms with Crippen LogP contribution < -0.4 is 0 Å². The molecule has 1 saturated carbocycles. The molecule has 1 aromatic carbocycles. The lowest BCUT2D eigenvalue weighted by molar-refractivity contribution is 0.0396. The molecule has 0 heterocycles. The molecule has 0 unspecified atom stereocenters. The zero-order valence-electron chi connectivity index (χ0n) is 9.07. The average molecular weight is 241 g/mol. The van der Waals surface area contributed by atoms with E-state index in [-0.39, 0.29) is 12.1 Å². The van der Waals surface area contributed by atoms with Gasteiger partial charge in [0.15, 0.2) is 0 Å². The SMILES string of the molecule is CN(C1CC(O)C1)S(=O)(=O)c1ccccc1. The van der Waals surface area contributed by atoms with Gasteiger partial charge in [0.2, 0.25) is 10.0 Å². The first kappa shape index (κ1) is 11.6. The summed E-state index contributed by atoms with van der Waals surface area (Å²) in [7, 11) is -1.83. The van der Waals surface area contributed by atoms with E-state index in [1.807, 2.05) is 0 Å². The maximum atomic E-state index is 12.1. The Kier molecular flexibility index (Phi) is 3.01. The number of aliphatic hydroxyl groups is 1. The maximum absolute atomic E-state index is 12.1. The van der Waals surface area contributed by atoms with Gasteiger partial charge in [-0.25, -0.2) is 8.42 Å². The Morgan fingerprint density at radius 2 is 1.81 bits per heavy atom. The fourth-order valence-electron chi connectivity index (χ4n) is 1.81. The van der Waals surface area contributed by atoms with Gasteiger partial charge in [0.1, 0.15) is 0 Å². The fraction of sp³-hybridized carbons (Fsp3) is 0.455. The van der Waals surface area contributed by atoms with Crippen LogP contribution in [0.5, 0.6) is 0 Å². The molecule has 0 amide bonds. The van der Waals surface area contributed by atoms with Gasteiger partial charge in [-0.3, -0.25) is 0 Å². The van der Waals surface area contributed by atoms with Gasteiger partial charge in [-0.15, -0.1) is 0 Å². The van der Waals surface area contributed by atoms with Crippen LogP contribution >= 0.6 is 0 Å². The largest absolute Gasteiger partial charge is 0.393 e. The van der Waals surface area contributed by atoms with Gasteiger partial charge >= 0.3 is 0 Å². The minimum absolute atomic E-state index is 0.0693. The molecule has 0 atom stereocenters. The van der Waals surface area contributed by atoms with Gasteiger partial charge in [-0.1, -0.05) is 18.2 Å². The quantitative estimate of drug-likeness (QED) is 0.852. The van der Waals surface area contributed by atoms with Crippen LogP contribution in [-0.4, -0.2) is 37.0 Å². The molecule has 5 heteroatoms. The predicted molar refractivity (Wildman–Crippen MR) is 60.4 cm³/mol. The smallest absolute Gasteiger partial charge is 0.243 e. The van der Waals surface area contributed by atoms with Gasteiger partial charge in [-0.2, -0.15) is 4.31 Å². The van der Waals surface area contributed by atoms with Crippen molar-refractivity contribution in [1.82, 2.24) is 4.31 Å². The summed E-state index contributed by atoms with van der Waals surface area (Å²) >= 11 is 0. The third-order valence-electron chi connectivity index (χ3n) is 3.02. The van der Waals surface area contributed by atoms with Crippen molar-refractivity contribution in [1.29, 1.82) is 0 Å². The molecule has 0 saturated heterocycles. The highest BCUT2D eigenvalue weighted by atomic mass is 32.2. The Morgan fingerprint density at radius 3 is 2.31 bits per heavy atom. The lowest BCUT2D eigenvalue weighted by Gasteiger charge is -2.37. The molecule has 2 rings (SSSR count). The first-order valence-corrected chi connectivity index (χ1v) is 6.67. The molecule has 0 spiro atoms. The summed E-state index contributed by atoms with van der Waals surface area (Å²) in [5.74, 6) is 0. The minimum Gasteiger partial charge on any atom is -0.393 e. The summed E-state index contributed by atoms with van der Waals surface area (Å²) in [6, 6.07) is 8.29. The third kappa shape index (κ3) is 1.98. The van der Waals surface area contributed by atoms with Crippen molar-refractivity contribution in [3.8, 4) is 0 Å². The van der Waals surface area contributed by atoms with E-state index in [0.717, 1.165) is 0 Å². The lowest BCUT2D eigenvalue weighted by Crippen LogP contribution is -2.47. The number of hydrogen-bond donors (Lipinski definition) is 1. The van der Waals surface area contributed by atoms with E-state index in [1.54, 1.807) is 37.4 Å². The molecule has 1 aliphatic rings. The zero-order valence-corrected chi connectivity index (χ0v) is 9.89. The van der Waals surface area contributed by atoms with E-state index in [4.69, 9.17) is 0 Å². The normalized spacial score (nSPS) is 25.4. The number of sulfonamides is 1. The Morgan fingerprint density at radius 1 is 1.25 bits per heavy atom. The monoisotopic (exact) mass is 241 g/mol. The second kappa shape index (κ2) is 4.16. The fourth-order valence-corrected chi connectivity index (χ4v) is 3.21. The second-order valence-electron chi connectivity index (χ2n) is 4.11. The van der Waals surface area contributed by atoms with E-state index < -0.39 is 10.0 Å². The number of hydrogen-bond acceptors (Lipinski definition) is 3. The van der Waals surface area contributed by atoms with Crippen LogP contribution in [0.15, 0.2) is 35.2 Å². The molecule has 0 aliphatic heterocycles. The second-order valence-corrected chi connectivity index (χ2v) is 6.11. The molecule has 88 valence electrons. The van der Waals surface area contributed by atoms with Crippen molar-refractivity contribution in [2.45, 2.75) is 29.9 Å². The molecule has 0 radical (unpaired) electrons. The Bertz CT molecular complexity index is 451. The summed E-state index contributed by atoms with van der Waals surface area (Å²) in [6.07, 6.45) is 0.712. The minimum atomic E-state index is -3.40. The Balaban J connectivity index is 2.20. The van der Waals surface area contributed by atoms with Gasteiger partial charge in [0.25, 0.3) is 0 Å². The van der Waals surface area contributed by atoms with Crippen molar-refractivity contribution in [3.63, 3.8) is 0 Å².